The Morgan fingerprint density at radius 2 is 1.73 bits per heavy atom. The molecule has 0 aliphatic rings. The van der Waals surface area contributed by atoms with Gasteiger partial charge in [0.15, 0.2) is 11.0 Å². The van der Waals surface area contributed by atoms with Crippen LogP contribution in [0.3, 0.4) is 0 Å². The Kier molecular flexibility index (Phi) is 4.71. The molecule has 3 rings (SSSR count). The molecule has 1 aromatic heterocycles. The first kappa shape index (κ1) is 15.4. The van der Waals surface area contributed by atoms with Gasteiger partial charge in [-0.1, -0.05) is 59.2 Å². The predicted octanol–water partition coefficient (Wildman–Crippen LogP) is 5.08. The quantitative estimate of drug-likeness (QED) is 0.615. The molecule has 0 amide bonds. The molecule has 0 atom stereocenters. The largest absolute Gasteiger partial charge is 0.305 e. The van der Waals surface area contributed by atoms with E-state index >= 15 is 0 Å². The SMILES string of the molecule is Cn1c(SCc2ccc(Cl)cc2)nnc1-c1ccccc1Cl. The van der Waals surface area contributed by atoms with Crippen molar-refractivity contribution in [2.45, 2.75) is 10.9 Å². The van der Waals surface area contributed by atoms with Crippen molar-refractivity contribution in [2.75, 3.05) is 0 Å². The first-order chi connectivity index (χ1) is 10.6. The van der Waals surface area contributed by atoms with Gasteiger partial charge in [-0.2, -0.15) is 0 Å². The fraction of sp³-hybridized carbons (Fsp3) is 0.125. The molecular formula is C16H13Cl2N3S. The van der Waals surface area contributed by atoms with E-state index in [4.69, 9.17) is 23.2 Å². The summed E-state index contributed by atoms with van der Waals surface area (Å²) in [6.07, 6.45) is 0. The molecule has 0 unspecified atom stereocenters. The summed E-state index contributed by atoms with van der Waals surface area (Å²) in [4.78, 5) is 0. The molecule has 0 N–H and O–H groups in total. The van der Waals surface area contributed by atoms with Crippen molar-refractivity contribution in [3.8, 4) is 11.4 Å². The van der Waals surface area contributed by atoms with Crippen molar-refractivity contribution in [3.05, 3.63) is 64.1 Å². The van der Waals surface area contributed by atoms with Crippen molar-refractivity contribution in [1.29, 1.82) is 0 Å². The molecule has 0 radical (unpaired) electrons. The highest BCUT2D eigenvalue weighted by Crippen LogP contribution is 2.29. The van der Waals surface area contributed by atoms with Gasteiger partial charge in [0.1, 0.15) is 0 Å². The summed E-state index contributed by atoms with van der Waals surface area (Å²) in [5.41, 5.74) is 2.08. The van der Waals surface area contributed by atoms with E-state index in [9.17, 15) is 0 Å². The molecule has 0 fully saturated rings. The van der Waals surface area contributed by atoms with Gasteiger partial charge in [0.2, 0.25) is 0 Å². The lowest BCUT2D eigenvalue weighted by atomic mass is 10.2. The highest BCUT2D eigenvalue weighted by atomic mass is 35.5. The van der Waals surface area contributed by atoms with Crippen LogP contribution in [0.25, 0.3) is 11.4 Å². The maximum Gasteiger partial charge on any atom is 0.191 e. The standard InChI is InChI=1S/C16H13Cl2N3S/c1-21-15(13-4-2-3-5-14(13)18)19-20-16(21)22-10-11-6-8-12(17)9-7-11/h2-9H,10H2,1H3. The van der Waals surface area contributed by atoms with E-state index in [0.29, 0.717) is 5.02 Å². The van der Waals surface area contributed by atoms with E-state index in [1.54, 1.807) is 11.8 Å². The Labute approximate surface area is 143 Å². The van der Waals surface area contributed by atoms with E-state index in [0.717, 1.165) is 27.3 Å². The van der Waals surface area contributed by atoms with Gasteiger partial charge in [0.25, 0.3) is 0 Å². The third-order valence-electron chi connectivity index (χ3n) is 3.23. The number of benzene rings is 2. The molecular weight excluding hydrogens is 337 g/mol. The van der Waals surface area contributed by atoms with Crippen LogP contribution in [0.4, 0.5) is 0 Å². The van der Waals surface area contributed by atoms with Gasteiger partial charge in [-0.3, -0.25) is 0 Å². The third-order valence-corrected chi connectivity index (χ3v) is 4.90. The Hall–Kier alpha value is -1.49. The van der Waals surface area contributed by atoms with Gasteiger partial charge < -0.3 is 4.57 Å². The number of hydrogen-bond acceptors (Lipinski definition) is 3. The molecule has 0 saturated carbocycles. The second kappa shape index (κ2) is 6.73. The zero-order valence-corrected chi connectivity index (χ0v) is 14.2. The van der Waals surface area contributed by atoms with E-state index in [1.165, 1.54) is 5.56 Å². The van der Waals surface area contributed by atoms with Crippen LogP contribution in [0.5, 0.6) is 0 Å². The van der Waals surface area contributed by atoms with Gasteiger partial charge in [-0.05, 0) is 29.8 Å². The van der Waals surface area contributed by atoms with Crippen LogP contribution >= 0.6 is 35.0 Å². The number of aromatic nitrogens is 3. The van der Waals surface area contributed by atoms with Crippen LogP contribution in [0.2, 0.25) is 10.0 Å². The molecule has 0 spiro atoms. The molecule has 0 aliphatic carbocycles. The summed E-state index contributed by atoms with van der Waals surface area (Å²) in [7, 11) is 1.95. The van der Waals surface area contributed by atoms with Crippen molar-refractivity contribution in [3.63, 3.8) is 0 Å². The number of thioether (sulfide) groups is 1. The highest BCUT2D eigenvalue weighted by molar-refractivity contribution is 7.98. The Balaban J connectivity index is 1.79. The van der Waals surface area contributed by atoms with Gasteiger partial charge in [-0.15, -0.1) is 10.2 Å². The average molecular weight is 350 g/mol. The Bertz CT molecular complexity index is 784. The number of nitrogens with zero attached hydrogens (tertiary/aromatic N) is 3. The van der Waals surface area contributed by atoms with Gasteiger partial charge >= 0.3 is 0 Å². The summed E-state index contributed by atoms with van der Waals surface area (Å²) < 4.78 is 1.96. The zero-order chi connectivity index (χ0) is 15.5. The fourth-order valence-electron chi connectivity index (χ4n) is 2.05. The van der Waals surface area contributed by atoms with Crippen molar-refractivity contribution < 1.29 is 0 Å². The monoisotopic (exact) mass is 349 g/mol. The summed E-state index contributed by atoms with van der Waals surface area (Å²) in [5.74, 6) is 1.58. The van der Waals surface area contributed by atoms with Crippen LogP contribution in [-0.2, 0) is 12.8 Å². The van der Waals surface area contributed by atoms with E-state index < -0.39 is 0 Å². The molecule has 0 aliphatic heterocycles. The van der Waals surface area contributed by atoms with Crippen molar-refractivity contribution >= 4 is 35.0 Å². The first-order valence-corrected chi connectivity index (χ1v) is 8.41. The smallest absolute Gasteiger partial charge is 0.191 e. The van der Waals surface area contributed by atoms with E-state index in [2.05, 4.69) is 10.2 Å². The Morgan fingerprint density at radius 1 is 1.00 bits per heavy atom. The zero-order valence-electron chi connectivity index (χ0n) is 11.8. The normalized spacial score (nSPS) is 10.9. The van der Waals surface area contributed by atoms with Crippen LogP contribution in [0, 0.1) is 0 Å². The van der Waals surface area contributed by atoms with E-state index in [1.807, 2.05) is 60.1 Å². The van der Waals surface area contributed by atoms with Gasteiger partial charge in [-0.25, -0.2) is 0 Å². The predicted molar refractivity (Wildman–Crippen MR) is 92.5 cm³/mol. The maximum absolute atomic E-state index is 6.23. The summed E-state index contributed by atoms with van der Waals surface area (Å²) in [5, 5.41) is 10.8. The minimum absolute atomic E-state index is 0.673. The minimum Gasteiger partial charge on any atom is -0.305 e. The van der Waals surface area contributed by atoms with E-state index in [-0.39, 0.29) is 0 Å². The summed E-state index contributed by atoms with van der Waals surface area (Å²) >= 11 is 13.8. The molecule has 3 nitrogen and oxygen atoms in total. The minimum atomic E-state index is 0.673. The summed E-state index contributed by atoms with van der Waals surface area (Å²) in [6, 6.07) is 15.5. The average Bonchev–Trinajstić information content (AvgIpc) is 2.88. The Morgan fingerprint density at radius 3 is 2.45 bits per heavy atom. The first-order valence-electron chi connectivity index (χ1n) is 6.66. The lowest BCUT2D eigenvalue weighted by Gasteiger charge is -2.05. The molecule has 1 heterocycles. The van der Waals surface area contributed by atoms with Crippen LogP contribution in [0.1, 0.15) is 5.56 Å². The number of halogens is 2. The molecule has 112 valence electrons. The topological polar surface area (TPSA) is 30.7 Å². The van der Waals surface area contributed by atoms with Gasteiger partial charge in [0, 0.05) is 23.4 Å². The third kappa shape index (κ3) is 3.29. The van der Waals surface area contributed by atoms with Crippen molar-refractivity contribution in [1.82, 2.24) is 14.8 Å². The maximum atomic E-state index is 6.23. The number of rotatable bonds is 4. The molecule has 6 heteroatoms. The van der Waals surface area contributed by atoms with Crippen molar-refractivity contribution in [2.24, 2.45) is 7.05 Å². The lowest BCUT2D eigenvalue weighted by Crippen LogP contribution is -1.95. The highest BCUT2D eigenvalue weighted by Gasteiger charge is 2.13. The second-order valence-electron chi connectivity index (χ2n) is 4.76. The lowest BCUT2D eigenvalue weighted by molar-refractivity contribution is 0.794. The van der Waals surface area contributed by atoms with Crippen LogP contribution in [0.15, 0.2) is 53.7 Å². The molecule has 22 heavy (non-hydrogen) atoms. The van der Waals surface area contributed by atoms with Crippen LogP contribution < -0.4 is 0 Å². The summed E-state index contributed by atoms with van der Waals surface area (Å²) in [6.45, 7) is 0. The van der Waals surface area contributed by atoms with Crippen LogP contribution in [-0.4, -0.2) is 14.8 Å². The fourth-order valence-corrected chi connectivity index (χ4v) is 3.26. The molecule has 0 saturated heterocycles. The molecule has 2 aromatic carbocycles. The number of hydrogen-bond donors (Lipinski definition) is 0. The van der Waals surface area contributed by atoms with Gasteiger partial charge in [0.05, 0.1) is 5.02 Å². The molecule has 0 bridgehead atoms. The second-order valence-corrected chi connectivity index (χ2v) is 6.55. The molecule has 3 aromatic rings.